The zero-order valence-electron chi connectivity index (χ0n) is 9.30. The lowest BCUT2D eigenvalue weighted by Crippen LogP contribution is -2.08. The van der Waals surface area contributed by atoms with Crippen molar-refractivity contribution in [2.45, 2.75) is 0 Å². The molecule has 90 valence electrons. The zero-order valence-corrected chi connectivity index (χ0v) is 9.30. The van der Waals surface area contributed by atoms with Crippen LogP contribution in [0.4, 0.5) is 4.39 Å². The van der Waals surface area contributed by atoms with Gasteiger partial charge in [0.05, 0.1) is 5.56 Å². The lowest BCUT2D eigenvalue weighted by Gasteiger charge is -2.04. The Balaban J connectivity index is 2.10. The van der Waals surface area contributed by atoms with Crippen LogP contribution in [0.5, 0.6) is 5.75 Å². The first-order valence-corrected chi connectivity index (χ1v) is 5.22. The largest absolute Gasteiger partial charge is 0.423 e. The average Bonchev–Trinajstić information content (AvgIpc) is 2.40. The van der Waals surface area contributed by atoms with Gasteiger partial charge in [-0.2, -0.15) is 0 Å². The third kappa shape index (κ3) is 2.79. The third-order valence-electron chi connectivity index (χ3n) is 2.31. The smallest absolute Gasteiger partial charge is 0.343 e. The van der Waals surface area contributed by atoms with Crippen LogP contribution in [-0.2, 0) is 0 Å². The van der Waals surface area contributed by atoms with Gasteiger partial charge in [0.1, 0.15) is 17.9 Å². The van der Waals surface area contributed by atoms with E-state index in [1.807, 2.05) is 0 Å². The van der Waals surface area contributed by atoms with Gasteiger partial charge in [-0.15, -0.1) is 0 Å². The molecule has 0 aliphatic carbocycles. The van der Waals surface area contributed by atoms with Gasteiger partial charge in [0.2, 0.25) is 0 Å². The van der Waals surface area contributed by atoms with Gasteiger partial charge in [-0.1, -0.05) is 0 Å². The Morgan fingerprint density at radius 2 is 1.61 bits per heavy atom. The van der Waals surface area contributed by atoms with Gasteiger partial charge in [0, 0.05) is 5.56 Å². The highest BCUT2D eigenvalue weighted by Gasteiger charge is 2.08. The number of carbonyl (C=O) groups is 2. The van der Waals surface area contributed by atoms with Crippen molar-refractivity contribution in [2.75, 3.05) is 0 Å². The maximum atomic E-state index is 12.7. The van der Waals surface area contributed by atoms with Crippen LogP contribution in [0.2, 0.25) is 0 Å². The van der Waals surface area contributed by atoms with Crippen LogP contribution in [0.15, 0.2) is 48.5 Å². The molecule has 0 atom stereocenters. The topological polar surface area (TPSA) is 43.4 Å². The number of rotatable bonds is 3. The highest BCUT2D eigenvalue weighted by molar-refractivity contribution is 5.91. The van der Waals surface area contributed by atoms with E-state index in [1.54, 1.807) is 12.1 Å². The van der Waals surface area contributed by atoms with Crippen molar-refractivity contribution in [1.29, 1.82) is 0 Å². The molecule has 4 heteroatoms. The monoisotopic (exact) mass is 244 g/mol. The molecular formula is C14H9FO3. The second-order valence-electron chi connectivity index (χ2n) is 3.58. The first-order chi connectivity index (χ1) is 8.69. The maximum absolute atomic E-state index is 12.7. The number of halogens is 1. The van der Waals surface area contributed by atoms with Crippen LogP contribution in [0.3, 0.4) is 0 Å². The minimum Gasteiger partial charge on any atom is -0.423 e. The average molecular weight is 244 g/mol. The van der Waals surface area contributed by atoms with Gasteiger partial charge in [-0.05, 0) is 48.5 Å². The molecule has 2 rings (SSSR count). The molecule has 0 aliphatic rings. The van der Waals surface area contributed by atoms with Gasteiger partial charge in [-0.25, -0.2) is 9.18 Å². The molecule has 0 bridgehead atoms. The predicted octanol–water partition coefficient (Wildman–Crippen LogP) is 2.86. The van der Waals surface area contributed by atoms with Crippen LogP contribution < -0.4 is 4.74 Å². The number of esters is 1. The molecule has 0 spiro atoms. The Hall–Kier alpha value is -2.49. The summed E-state index contributed by atoms with van der Waals surface area (Å²) in [6.45, 7) is 0. The van der Waals surface area contributed by atoms with E-state index in [-0.39, 0.29) is 5.56 Å². The zero-order chi connectivity index (χ0) is 13.0. The number of aldehydes is 1. The summed E-state index contributed by atoms with van der Waals surface area (Å²) in [6.07, 6.45) is 0.700. The van der Waals surface area contributed by atoms with Crippen molar-refractivity contribution in [2.24, 2.45) is 0 Å². The van der Waals surface area contributed by atoms with Crippen molar-refractivity contribution in [3.05, 3.63) is 65.5 Å². The SMILES string of the molecule is O=Cc1ccc(OC(=O)c2ccc(F)cc2)cc1. The minimum atomic E-state index is -0.575. The van der Waals surface area contributed by atoms with Gasteiger partial charge >= 0.3 is 5.97 Å². The lowest BCUT2D eigenvalue weighted by molar-refractivity contribution is 0.0734. The highest BCUT2D eigenvalue weighted by atomic mass is 19.1. The molecule has 2 aromatic carbocycles. The summed E-state index contributed by atoms with van der Waals surface area (Å²) in [7, 11) is 0. The van der Waals surface area contributed by atoms with Crippen LogP contribution >= 0.6 is 0 Å². The van der Waals surface area contributed by atoms with Crippen molar-refractivity contribution >= 4 is 12.3 Å². The Bertz CT molecular complexity index is 559. The summed E-state index contributed by atoms with van der Waals surface area (Å²) in [4.78, 5) is 22.1. The Morgan fingerprint density at radius 1 is 1.00 bits per heavy atom. The van der Waals surface area contributed by atoms with Crippen LogP contribution in [-0.4, -0.2) is 12.3 Å². The van der Waals surface area contributed by atoms with Crippen molar-refractivity contribution < 1.29 is 18.7 Å². The molecule has 0 amide bonds. The molecule has 0 heterocycles. The summed E-state index contributed by atoms with van der Waals surface area (Å²) in [5, 5.41) is 0. The molecule has 0 radical (unpaired) electrons. The predicted molar refractivity (Wildman–Crippen MR) is 63.2 cm³/mol. The number of benzene rings is 2. The van der Waals surface area contributed by atoms with E-state index < -0.39 is 11.8 Å². The fourth-order valence-corrected chi connectivity index (χ4v) is 1.37. The van der Waals surface area contributed by atoms with E-state index in [0.29, 0.717) is 17.6 Å². The standard InChI is InChI=1S/C14H9FO3/c15-12-5-3-11(4-6-12)14(17)18-13-7-1-10(9-16)2-8-13/h1-9H. The quantitative estimate of drug-likeness (QED) is 0.473. The molecule has 0 unspecified atom stereocenters. The number of hydrogen-bond donors (Lipinski definition) is 0. The molecule has 3 nitrogen and oxygen atoms in total. The highest BCUT2D eigenvalue weighted by Crippen LogP contribution is 2.13. The maximum Gasteiger partial charge on any atom is 0.343 e. The number of carbonyl (C=O) groups excluding carboxylic acids is 2. The molecule has 0 saturated carbocycles. The molecule has 0 fully saturated rings. The Kier molecular flexibility index (Phi) is 3.48. The molecule has 0 aliphatic heterocycles. The third-order valence-corrected chi connectivity index (χ3v) is 2.31. The lowest BCUT2D eigenvalue weighted by atomic mass is 10.2. The first kappa shape index (κ1) is 12.0. The van der Waals surface area contributed by atoms with E-state index >= 15 is 0 Å². The second-order valence-corrected chi connectivity index (χ2v) is 3.58. The Morgan fingerprint density at radius 3 is 2.17 bits per heavy atom. The molecule has 0 saturated heterocycles. The Labute approximate surface area is 103 Å². The van der Waals surface area contributed by atoms with Gasteiger partial charge in [0.25, 0.3) is 0 Å². The first-order valence-electron chi connectivity index (χ1n) is 5.22. The summed E-state index contributed by atoms with van der Waals surface area (Å²) < 4.78 is 17.7. The summed E-state index contributed by atoms with van der Waals surface area (Å²) in [6, 6.07) is 11.2. The van der Waals surface area contributed by atoms with E-state index in [1.165, 1.54) is 36.4 Å². The number of ether oxygens (including phenoxy) is 1. The van der Waals surface area contributed by atoms with Crippen LogP contribution in [0.1, 0.15) is 20.7 Å². The van der Waals surface area contributed by atoms with Crippen LogP contribution in [0, 0.1) is 5.82 Å². The summed E-state index contributed by atoms with van der Waals surface area (Å²) >= 11 is 0. The summed E-state index contributed by atoms with van der Waals surface area (Å²) in [5.74, 6) is -0.661. The molecule has 18 heavy (non-hydrogen) atoms. The number of hydrogen-bond acceptors (Lipinski definition) is 3. The fourth-order valence-electron chi connectivity index (χ4n) is 1.37. The molecule has 0 N–H and O–H groups in total. The summed E-state index contributed by atoms with van der Waals surface area (Å²) in [5.41, 5.74) is 0.757. The van der Waals surface area contributed by atoms with Crippen LogP contribution in [0.25, 0.3) is 0 Å². The van der Waals surface area contributed by atoms with Crippen molar-refractivity contribution in [1.82, 2.24) is 0 Å². The van der Waals surface area contributed by atoms with Gasteiger partial charge in [-0.3, -0.25) is 4.79 Å². The molecule has 0 aromatic heterocycles. The molecular weight excluding hydrogens is 235 g/mol. The molecule has 2 aromatic rings. The van der Waals surface area contributed by atoms with E-state index in [0.717, 1.165) is 0 Å². The van der Waals surface area contributed by atoms with Crippen molar-refractivity contribution in [3.8, 4) is 5.75 Å². The van der Waals surface area contributed by atoms with Gasteiger partial charge < -0.3 is 4.74 Å². The van der Waals surface area contributed by atoms with E-state index in [4.69, 9.17) is 4.74 Å². The minimum absolute atomic E-state index is 0.260. The fraction of sp³-hybridized carbons (Fsp3) is 0. The normalized spacial score (nSPS) is 9.83. The van der Waals surface area contributed by atoms with Gasteiger partial charge in [0.15, 0.2) is 0 Å². The van der Waals surface area contributed by atoms with Crippen molar-refractivity contribution in [3.63, 3.8) is 0 Å². The van der Waals surface area contributed by atoms with E-state index in [2.05, 4.69) is 0 Å². The second kappa shape index (κ2) is 5.23. The van der Waals surface area contributed by atoms with E-state index in [9.17, 15) is 14.0 Å².